The second-order valence-electron chi connectivity index (χ2n) is 5.69. The van der Waals surface area contributed by atoms with Gasteiger partial charge in [0, 0.05) is 23.5 Å². The summed E-state index contributed by atoms with van der Waals surface area (Å²) in [5, 5.41) is 8.28. The smallest absolute Gasteiger partial charge is 0.407 e. The molecule has 1 amide bonds. The van der Waals surface area contributed by atoms with E-state index in [1.807, 2.05) is 33.8 Å². The van der Waals surface area contributed by atoms with Crippen LogP contribution in [-0.4, -0.2) is 24.3 Å². The summed E-state index contributed by atoms with van der Waals surface area (Å²) in [6.07, 6.45) is -0.370. The molecule has 0 fully saturated rings. The number of hydrogen-bond acceptors (Lipinski definition) is 4. The number of thiophene rings is 1. The van der Waals surface area contributed by atoms with Crippen LogP contribution in [0.15, 0.2) is 17.5 Å². The van der Waals surface area contributed by atoms with E-state index in [2.05, 4.69) is 29.0 Å². The maximum atomic E-state index is 11.5. The van der Waals surface area contributed by atoms with Gasteiger partial charge in [-0.1, -0.05) is 6.07 Å². The van der Waals surface area contributed by atoms with Gasteiger partial charge in [0.2, 0.25) is 0 Å². The van der Waals surface area contributed by atoms with Crippen molar-refractivity contribution in [2.24, 2.45) is 0 Å². The Morgan fingerprint density at radius 3 is 2.63 bits per heavy atom. The molecule has 1 rings (SSSR count). The van der Waals surface area contributed by atoms with Crippen molar-refractivity contribution in [1.29, 1.82) is 0 Å². The minimum absolute atomic E-state index is 0.185. The van der Waals surface area contributed by atoms with Gasteiger partial charge in [0.25, 0.3) is 0 Å². The van der Waals surface area contributed by atoms with Gasteiger partial charge in [0.15, 0.2) is 0 Å². The van der Waals surface area contributed by atoms with Crippen LogP contribution in [0.3, 0.4) is 0 Å². The van der Waals surface area contributed by atoms with Crippen molar-refractivity contribution in [1.82, 2.24) is 10.6 Å². The molecule has 0 saturated heterocycles. The molecule has 0 aliphatic carbocycles. The van der Waals surface area contributed by atoms with Crippen molar-refractivity contribution in [2.45, 2.75) is 52.3 Å². The van der Waals surface area contributed by atoms with Crippen molar-refractivity contribution < 1.29 is 9.53 Å². The molecule has 1 unspecified atom stereocenters. The van der Waals surface area contributed by atoms with E-state index in [1.165, 1.54) is 4.88 Å². The fourth-order valence-electron chi connectivity index (χ4n) is 1.66. The zero-order valence-corrected chi connectivity index (χ0v) is 13.1. The average Bonchev–Trinajstić information content (AvgIpc) is 2.77. The molecular formula is C14H24N2O2S. The standard InChI is InChI=1S/C14H24N2O2S/c1-10(9-15-13(17)18-14(3,4)5)16-11(2)12-7-6-8-19-12/h6-8,10-11,16H,9H2,1-5H3,(H,15,17)/t10?,11-/m1/s1. The minimum atomic E-state index is -0.453. The van der Waals surface area contributed by atoms with Gasteiger partial charge >= 0.3 is 6.09 Å². The first-order valence-electron chi connectivity index (χ1n) is 6.54. The van der Waals surface area contributed by atoms with Crippen LogP contribution in [0.1, 0.15) is 45.5 Å². The third-order valence-electron chi connectivity index (χ3n) is 2.46. The fraction of sp³-hybridized carbons (Fsp3) is 0.643. The third kappa shape index (κ3) is 6.59. The van der Waals surface area contributed by atoms with Crippen LogP contribution in [0, 0.1) is 0 Å². The lowest BCUT2D eigenvalue weighted by Gasteiger charge is -2.22. The second-order valence-corrected chi connectivity index (χ2v) is 6.67. The molecule has 0 saturated carbocycles. The topological polar surface area (TPSA) is 50.4 Å². The highest BCUT2D eigenvalue weighted by Crippen LogP contribution is 2.18. The van der Waals surface area contributed by atoms with E-state index in [1.54, 1.807) is 11.3 Å². The van der Waals surface area contributed by atoms with Gasteiger partial charge in [0.05, 0.1) is 0 Å². The lowest BCUT2D eigenvalue weighted by atomic mass is 10.2. The van der Waals surface area contributed by atoms with Gasteiger partial charge in [-0.25, -0.2) is 4.79 Å². The molecule has 4 nitrogen and oxygen atoms in total. The molecule has 0 aliphatic heterocycles. The Morgan fingerprint density at radius 2 is 2.11 bits per heavy atom. The van der Waals surface area contributed by atoms with Crippen LogP contribution < -0.4 is 10.6 Å². The monoisotopic (exact) mass is 284 g/mol. The van der Waals surface area contributed by atoms with E-state index in [9.17, 15) is 4.79 Å². The molecule has 0 spiro atoms. The first kappa shape index (κ1) is 16.0. The molecule has 19 heavy (non-hydrogen) atoms. The maximum Gasteiger partial charge on any atom is 0.407 e. The molecule has 1 heterocycles. The van der Waals surface area contributed by atoms with Crippen LogP contribution >= 0.6 is 11.3 Å². The van der Waals surface area contributed by atoms with Gasteiger partial charge in [-0.05, 0) is 46.1 Å². The van der Waals surface area contributed by atoms with Crippen molar-refractivity contribution >= 4 is 17.4 Å². The fourth-order valence-corrected chi connectivity index (χ4v) is 2.40. The molecule has 1 aromatic rings. The molecule has 0 bridgehead atoms. The molecule has 5 heteroatoms. The summed E-state index contributed by atoms with van der Waals surface area (Å²) in [5.74, 6) is 0. The van der Waals surface area contributed by atoms with Gasteiger partial charge < -0.3 is 15.4 Å². The normalized spacial score (nSPS) is 14.8. The summed E-state index contributed by atoms with van der Waals surface area (Å²) in [4.78, 5) is 12.8. The van der Waals surface area contributed by atoms with E-state index in [-0.39, 0.29) is 18.2 Å². The van der Waals surface area contributed by atoms with Crippen molar-refractivity contribution in [2.75, 3.05) is 6.54 Å². The number of nitrogens with one attached hydrogen (secondary N) is 2. The minimum Gasteiger partial charge on any atom is -0.444 e. The first-order chi connectivity index (χ1) is 8.78. The molecule has 1 aromatic heterocycles. The summed E-state index contributed by atoms with van der Waals surface area (Å²) in [6.45, 7) is 10.3. The van der Waals surface area contributed by atoms with E-state index in [4.69, 9.17) is 4.74 Å². The largest absolute Gasteiger partial charge is 0.444 e. The third-order valence-corrected chi connectivity index (χ3v) is 3.51. The van der Waals surface area contributed by atoms with Gasteiger partial charge in [-0.3, -0.25) is 0 Å². The maximum absolute atomic E-state index is 11.5. The molecule has 2 N–H and O–H groups in total. The summed E-state index contributed by atoms with van der Waals surface area (Å²) in [7, 11) is 0. The van der Waals surface area contributed by atoms with Crippen LogP contribution in [-0.2, 0) is 4.74 Å². The van der Waals surface area contributed by atoms with Gasteiger partial charge in [-0.15, -0.1) is 11.3 Å². The molecular weight excluding hydrogens is 260 g/mol. The molecule has 108 valence electrons. The zero-order chi connectivity index (χ0) is 14.5. The zero-order valence-electron chi connectivity index (χ0n) is 12.3. The van der Waals surface area contributed by atoms with E-state index in [0.717, 1.165) is 0 Å². The quantitative estimate of drug-likeness (QED) is 0.872. The first-order valence-corrected chi connectivity index (χ1v) is 7.42. The van der Waals surface area contributed by atoms with Crippen molar-refractivity contribution in [3.05, 3.63) is 22.4 Å². The number of carbonyl (C=O) groups is 1. The van der Waals surface area contributed by atoms with Crippen LogP contribution in [0.4, 0.5) is 4.79 Å². The van der Waals surface area contributed by atoms with Crippen LogP contribution in [0.25, 0.3) is 0 Å². The molecule has 2 atom stereocenters. The molecule has 0 aromatic carbocycles. The lowest BCUT2D eigenvalue weighted by Crippen LogP contribution is -2.41. The predicted octanol–water partition coefficient (Wildman–Crippen LogP) is 3.31. The predicted molar refractivity (Wildman–Crippen MR) is 79.6 cm³/mol. The Hall–Kier alpha value is -1.07. The number of rotatable bonds is 5. The Labute approximate surface area is 119 Å². The van der Waals surface area contributed by atoms with Crippen LogP contribution in [0.2, 0.25) is 0 Å². The highest BCUT2D eigenvalue weighted by molar-refractivity contribution is 7.10. The Morgan fingerprint density at radius 1 is 1.42 bits per heavy atom. The second kappa shape index (κ2) is 6.91. The Bertz CT molecular complexity index is 385. The number of alkyl carbamates (subject to hydrolysis) is 1. The summed E-state index contributed by atoms with van der Waals surface area (Å²) in [6, 6.07) is 4.62. The van der Waals surface area contributed by atoms with Crippen molar-refractivity contribution in [3.8, 4) is 0 Å². The summed E-state index contributed by atoms with van der Waals surface area (Å²) in [5.41, 5.74) is -0.453. The number of ether oxygens (including phenoxy) is 1. The van der Waals surface area contributed by atoms with Crippen LogP contribution in [0.5, 0.6) is 0 Å². The highest BCUT2D eigenvalue weighted by atomic mass is 32.1. The average molecular weight is 284 g/mol. The number of amides is 1. The van der Waals surface area contributed by atoms with Gasteiger partial charge in [0.1, 0.15) is 5.60 Å². The molecule has 0 radical (unpaired) electrons. The van der Waals surface area contributed by atoms with Gasteiger partial charge in [-0.2, -0.15) is 0 Å². The Balaban J connectivity index is 2.28. The van der Waals surface area contributed by atoms with E-state index >= 15 is 0 Å². The lowest BCUT2D eigenvalue weighted by molar-refractivity contribution is 0.0522. The van der Waals surface area contributed by atoms with E-state index in [0.29, 0.717) is 6.54 Å². The number of hydrogen-bond donors (Lipinski definition) is 2. The highest BCUT2D eigenvalue weighted by Gasteiger charge is 2.17. The number of carbonyl (C=O) groups excluding carboxylic acids is 1. The summed E-state index contributed by atoms with van der Waals surface area (Å²) < 4.78 is 5.19. The summed E-state index contributed by atoms with van der Waals surface area (Å²) >= 11 is 1.73. The molecule has 0 aliphatic rings. The Kier molecular flexibility index (Phi) is 5.82. The van der Waals surface area contributed by atoms with Crippen molar-refractivity contribution in [3.63, 3.8) is 0 Å². The van der Waals surface area contributed by atoms with E-state index < -0.39 is 5.60 Å². The SMILES string of the molecule is CC(CNC(=O)OC(C)(C)C)N[C@H](C)c1cccs1.